The third-order valence-corrected chi connectivity index (χ3v) is 4.07. The van der Waals surface area contributed by atoms with Crippen LogP contribution < -0.4 is 5.32 Å². The Bertz CT molecular complexity index is 836. The molecule has 0 saturated heterocycles. The summed E-state index contributed by atoms with van der Waals surface area (Å²) in [5.41, 5.74) is 3.34. The second-order valence-electron chi connectivity index (χ2n) is 5.07. The van der Waals surface area contributed by atoms with Gasteiger partial charge in [0.05, 0.1) is 0 Å². The first-order valence-corrected chi connectivity index (χ1v) is 7.05. The van der Waals surface area contributed by atoms with Crippen molar-refractivity contribution >= 4 is 34.1 Å². The summed E-state index contributed by atoms with van der Waals surface area (Å²) in [4.78, 5) is 12.4. The number of aromatic nitrogens is 1. The molecule has 0 atom stereocenters. The molecule has 1 amide bonds. The molecule has 0 aliphatic carbocycles. The summed E-state index contributed by atoms with van der Waals surface area (Å²) in [5.74, 6) is -0.133. The average Bonchev–Trinajstić information content (AvgIpc) is 2.85. The summed E-state index contributed by atoms with van der Waals surface area (Å²) in [5, 5.41) is 4.60. The molecule has 1 N–H and O–H groups in total. The van der Waals surface area contributed by atoms with Crippen molar-refractivity contribution in [2.45, 2.75) is 6.92 Å². The van der Waals surface area contributed by atoms with Crippen molar-refractivity contribution in [1.82, 2.24) is 4.57 Å². The maximum atomic E-state index is 12.4. The van der Waals surface area contributed by atoms with E-state index in [-0.39, 0.29) is 5.91 Å². The lowest BCUT2D eigenvalue weighted by Crippen LogP contribution is -2.12. The van der Waals surface area contributed by atoms with Crippen LogP contribution in [0.25, 0.3) is 10.9 Å². The highest BCUT2D eigenvalue weighted by Crippen LogP contribution is 2.24. The highest BCUT2D eigenvalue weighted by atomic mass is 35.5. The fourth-order valence-electron chi connectivity index (χ4n) is 2.36. The van der Waals surface area contributed by atoms with Gasteiger partial charge < -0.3 is 9.88 Å². The minimum atomic E-state index is -0.133. The monoisotopic (exact) mass is 298 g/mol. The number of aryl methyl sites for hydroxylation is 1. The molecule has 2 aromatic carbocycles. The van der Waals surface area contributed by atoms with Gasteiger partial charge in [-0.15, -0.1) is 0 Å². The summed E-state index contributed by atoms with van der Waals surface area (Å²) in [6.07, 6.45) is 1.98. The molecule has 0 unspecified atom stereocenters. The summed E-state index contributed by atoms with van der Waals surface area (Å²) in [6.45, 7) is 1.89. The summed E-state index contributed by atoms with van der Waals surface area (Å²) >= 11 is 6.07. The third-order valence-electron chi connectivity index (χ3n) is 3.66. The molecule has 21 heavy (non-hydrogen) atoms. The zero-order chi connectivity index (χ0) is 15.0. The van der Waals surface area contributed by atoms with E-state index in [4.69, 9.17) is 11.6 Å². The first-order valence-electron chi connectivity index (χ1n) is 6.68. The number of carbonyl (C=O) groups is 1. The smallest absolute Gasteiger partial charge is 0.255 e. The highest BCUT2D eigenvalue weighted by molar-refractivity contribution is 6.31. The predicted octanol–water partition coefficient (Wildman–Crippen LogP) is 4.39. The number of amides is 1. The minimum absolute atomic E-state index is 0.133. The van der Waals surface area contributed by atoms with Gasteiger partial charge in [-0.2, -0.15) is 0 Å². The Hall–Kier alpha value is -2.26. The van der Waals surface area contributed by atoms with Gasteiger partial charge in [0, 0.05) is 40.4 Å². The van der Waals surface area contributed by atoms with Crippen LogP contribution in [0.1, 0.15) is 15.9 Å². The van der Waals surface area contributed by atoms with E-state index < -0.39 is 0 Å². The summed E-state index contributed by atoms with van der Waals surface area (Å²) < 4.78 is 2.03. The lowest BCUT2D eigenvalue weighted by atomic mass is 10.1. The molecule has 3 aromatic rings. The van der Waals surface area contributed by atoms with Crippen LogP contribution in [-0.4, -0.2) is 10.5 Å². The number of rotatable bonds is 2. The van der Waals surface area contributed by atoms with E-state index in [1.165, 1.54) is 0 Å². The van der Waals surface area contributed by atoms with E-state index in [2.05, 4.69) is 5.32 Å². The summed E-state index contributed by atoms with van der Waals surface area (Å²) in [6, 6.07) is 13.2. The predicted molar refractivity (Wildman–Crippen MR) is 87.1 cm³/mol. The van der Waals surface area contributed by atoms with Gasteiger partial charge in [0.2, 0.25) is 0 Å². The molecular formula is C17H15ClN2O. The average molecular weight is 299 g/mol. The first-order chi connectivity index (χ1) is 10.1. The maximum Gasteiger partial charge on any atom is 0.255 e. The molecule has 106 valence electrons. The Morgan fingerprint density at radius 2 is 2.00 bits per heavy atom. The zero-order valence-electron chi connectivity index (χ0n) is 11.9. The molecule has 0 aliphatic heterocycles. The van der Waals surface area contributed by atoms with Crippen LogP contribution in [0.3, 0.4) is 0 Å². The highest BCUT2D eigenvalue weighted by Gasteiger charge is 2.10. The molecular weight excluding hydrogens is 284 g/mol. The number of anilines is 1. The Morgan fingerprint density at radius 1 is 1.19 bits per heavy atom. The van der Waals surface area contributed by atoms with Crippen molar-refractivity contribution in [3.8, 4) is 0 Å². The molecule has 4 heteroatoms. The van der Waals surface area contributed by atoms with Crippen LogP contribution in [0.2, 0.25) is 5.02 Å². The SMILES string of the molecule is Cc1c(Cl)cccc1NC(=O)c1ccc2c(ccn2C)c1. The fourth-order valence-corrected chi connectivity index (χ4v) is 2.53. The quantitative estimate of drug-likeness (QED) is 0.748. The van der Waals surface area contributed by atoms with Gasteiger partial charge in [-0.1, -0.05) is 17.7 Å². The van der Waals surface area contributed by atoms with Crippen molar-refractivity contribution in [2.24, 2.45) is 7.05 Å². The van der Waals surface area contributed by atoms with Crippen molar-refractivity contribution < 1.29 is 4.79 Å². The lowest BCUT2D eigenvalue weighted by molar-refractivity contribution is 0.102. The Morgan fingerprint density at radius 3 is 2.81 bits per heavy atom. The molecule has 1 aromatic heterocycles. The van der Waals surface area contributed by atoms with Crippen molar-refractivity contribution in [1.29, 1.82) is 0 Å². The first kappa shape index (κ1) is 13.7. The number of hydrogen-bond donors (Lipinski definition) is 1. The van der Waals surface area contributed by atoms with Crippen molar-refractivity contribution in [3.63, 3.8) is 0 Å². The van der Waals surface area contributed by atoms with Gasteiger partial charge in [0.15, 0.2) is 0 Å². The number of nitrogens with one attached hydrogen (secondary N) is 1. The number of benzene rings is 2. The van der Waals surface area contributed by atoms with E-state index in [0.29, 0.717) is 10.6 Å². The van der Waals surface area contributed by atoms with Crippen LogP contribution in [0.15, 0.2) is 48.7 Å². The van der Waals surface area contributed by atoms with Gasteiger partial charge >= 0.3 is 0 Å². The van der Waals surface area contributed by atoms with E-state index in [1.807, 2.05) is 67.2 Å². The standard InChI is InChI=1S/C17H15ClN2O/c1-11-14(18)4-3-5-15(11)19-17(21)13-6-7-16-12(10-13)8-9-20(16)2/h3-10H,1-2H3,(H,19,21). The summed E-state index contributed by atoms with van der Waals surface area (Å²) in [7, 11) is 1.98. The van der Waals surface area contributed by atoms with Crippen molar-refractivity contribution in [3.05, 3.63) is 64.8 Å². The number of fused-ring (bicyclic) bond motifs is 1. The normalized spacial score (nSPS) is 10.8. The van der Waals surface area contributed by atoms with E-state index in [9.17, 15) is 4.79 Å². The molecule has 0 radical (unpaired) electrons. The Kier molecular flexibility index (Phi) is 3.43. The third kappa shape index (κ3) is 2.52. The molecule has 3 nitrogen and oxygen atoms in total. The van der Waals surface area contributed by atoms with Gasteiger partial charge in [-0.25, -0.2) is 0 Å². The molecule has 0 fully saturated rings. The Balaban J connectivity index is 1.91. The lowest BCUT2D eigenvalue weighted by Gasteiger charge is -2.09. The van der Waals surface area contributed by atoms with Crippen LogP contribution in [0.5, 0.6) is 0 Å². The van der Waals surface area contributed by atoms with Crippen LogP contribution in [0.4, 0.5) is 5.69 Å². The van der Waals surface area contributed by atoms with Gasteiger partial charge in [0.25, 0.3) is 5.91 Å². The molecule has 0 spiro atoms. The topological polar surface area (TPSA) is 34.0 Å². The molecule has 3 rings (SSSR count). The largest absolute Gasteiger partial charge is 0.351 e. The Labute approximate surface area is 128 Å². The zero-order valence-corrected chi connectivity index (χ0v) is 12.6. The minimum Gasteiger partial charge on any atom is -0.351 e. The van der Waals surface area contributed by atoms with Gasteiger partial charge in [0.1, 0.15) is 0 Å². The molecule has 0 bridgehead atoms. The van der Waals surface area contributed by atoms with E-state index >= 15 is 0 Å². The van der Waals surface area contributed by atoms with Crippen LogP contribution in [-0.2, 0) is 7.05 Å². The number of hydrogen-bond acceptors (Lipinski definition) is 1. The van der Waals surface area contributed by atoms with E-state index in [1.54, 1.807) is 0 Å². The number of nitrogens with zero attached hydrogens (tertiary/aromatic N) is 1. The van der Waals surface area contributed by atoms with Crippen molar-refractivity contribution in [2.75, 3.05) is 5.32 Å². The number of carbonyl (C=O) groups excluding carboxylic acids is 1. The van der Waals surface area contributed by atoms with Gasteiger partial charge in [-0.3, -0.25) is 4.79 Å². The maximum absolute atomic E-state index is 12.4. The van der Waals surface area contributed by atoms with Crippen LogP contribution >= 0.6 is 11.6 Å². The molecule has 0 saturated carbocycles. The van der Waals surface area contributed by atoms with Gasteiger partial charge in [-0.05, 0) is 48.9 Å². The number of halogens is 1. The van der Waals surface area contributed by atoms with E-state index in [0.717, 1.165) is 22.2 Å². The second-order valence-corrected chi connectivity index (χ2v) is 5.47. The fraction of sp³-hybridized carbons (Fsp3) is 0.118. The van der Waals surface area contributed by atoms with Crippen LogP contribution in [0, 0.1) is 6.92 Å². The second kappa shape index (κ2) is 5.26. The molecule has 0 aliphatic rings. The molecule has 1 heterocycles.